The molecule has 0 amide bonds. The topological polar surface area (TPSA) is 87.7 Å². The second-order valence-corrected chi connectivity index (χ2v) is 6.52. The van der Waals surface area contributed by atoms with E-state index in [0.29, 0.717) is 16.9 Å². The number of anilines is 2. The number of halogens is 1. The average molecular weight is 306 g/mol. The van der Waals surface area contributed by atoms with E-state index in [-0.39, 0.29) is 10.6 Å². The molecule has 0 bridgehead atoms. The van der Waals surface area contributed by atoms with Crippen LogP contribution < -0.4 is 5.32 Å². The molecule has 0 atom stereocenters. The van der Waals surface area contributed by atoms with Crippen LogP contribution in [0.15, 0.2) is 41.7 Å². The maximum Gasteiger partial charge on any atom is 0.175 e. The predicted molar refractivity (Wildman–Crippen MR) is 76.7 cm³/mol. The molecule has 0 saturated carbocycles. The lowest BCUT2D eigenvalue weighted by Gasteiger charge is -2.08. The third kappa shape index (κ3) is 2.57. The van der Waals surface area contributed by atoms with Gasteiger partial charge in [-0.05, 0) is 24.3 Å². The van der Waals surface area contributed by atoms with E-state index in [0.717, 1.165) is 12.3 Å². The Morgan fingerprint density at radius 3 is 2.76 bits per heavy atom. The molecule has 6 nitrogen and oxygen atoms in total. The Hall–Kier alpha value is -2.48. The summed E-state index contributed by atoms with van der Waals surface area (Å²) in [4.78, 5) is 10.9. The molecule has 3 rings (SSSR count). The van der Waals surface area contributed by atoms with E-state index in [1.54, 1.807) is 12.3 Å². The average Bonchev–Trinajstić information content (AvgIpc) is 2.89. The minimum absolute atomic E-state index is 0.0694. The van der Waals surface area contributed by atoms with E-state index in [1.807, 2.05) is 0 Å². The molecule has 0 unspecified atom stereocenters. The Bertz CT molecular complexity index is 921. The molecule has 2 aromatic heterocycles. The van der Waals surface area contributed by atoms with Crippen molar-refractivity contribution in [3.63, 3.8) is 0 Å². The zero-order chi connectivity index (χ0) is 15.0. The lowest BCUT2D eigenvalue weighted by atomic mass is 10.3. The molecular formula is C13H11FN4O2S. The van der Waals surface area contributed by atoms with Crippen LogP contribution in [-0.2, 0) is 9.84 Å². The highest BCUT2D eigenvalue weighted by Gasteiger charge is 2.12. The van der Waals surface area contributed by atoms with Gasteiger partial charge in [0.05, 0.1) is 16.0 Å². The quantitative estimate of drug-likeness (QED) is 0.775. The molecule has 0 aliphatic carbocycles. The highest BCUT2D eigenvalue weighted by Crippen LogP contribution is 2.25. The molecule has 0 radical (unpaired) electrons. The van der Waals surface area contributed by atoms with Crippen molar-refractivity contribution in [1.82, 2.24) is 15.0 Å². The number of hydrogen-bond donors (Lipinski definition) is 2. The first-order valence-corrected chi connectivity index (χ1v) is 7.89. The second-order valence-electron chi connectivity index (χ2n) is 4.50. The molecule has 0 fully saturated rings. The summed E-state index contributed by atoms with van der Waals surface area (Å²) in [5.74, 6) is -0.229. The van der Waals surface area contributed by atoms with Gasteiger partial charge in [-0.2, -0.15) is 0 Å². The first-order chi connectivity index (χ1) is 9.95. The molecule has 3 aromatic rings. The maximum atomic E-state index is 14.0. The van der Waals surface area contributed by atoms with Crippen molar-refractivity contribution in [2.75, 3.05) is 11.6 Å². The van der Waals surface area contributed by atoms with Crippen molar-refractivity contribution >= 4 is 32.4 Å². The zero-order valence-corrected chi connectivity index (χ0v) is 11.8. The van der Waals surface area contributed by atoms with Crippen LogP contribution in [0.1, 0.15) is 0 Å². The van der Waals surface area contributed by atoms with Crippen LogP contribution in [0, 0.1) is 5.82 Å². The number of sulfone groups is 1. The first-order valence-electron chi connectivity index (χ1n) is 6.00. The Morgan fingerprint density at radius 1 is 1.24 bits per heavy atom. The van der Waals surface area contributed by atoms with E-state index in [9.17, 15) is 12.8 Å². The minimum Gasteiger partial charge on any atom is -0.346 e. The van der Waals surface area contributed by atoms with Gasteiger partial charge in [-0.25, -0.2) is 22.8 Å². The van der Waals surface area contributed by atoms with Crippen LogP contribution >= 0.6 is 0 Å². The van der Waals surface area contributed by atoms with Crippen LogP contribution in [0.5, 0.6) is 0 Å². The van der Waals surface area contributed by atoms with Crippen LogP contribution in [0.2, 0.25) is 0 Å². The Morgan fingerprint density at radius 2 is 2.05 bits per heavy atom. The van der Waals surface area contributed by atoms with E-state index < -0.39 is 15.7 Å². The maximum absolute atomic E-state index is 14.0. The van der Waals surface area contributed by atoms with E-state index >= 15 is 0 Å². The zero-order valence-electron chi connectivity index (χ0n) is 11.0. The van der Waals surface area contributed by atoms with Crippen molar-refractivity contribution in [2.24, 2.45) is 0 Å². The Balaban J connectivity index is 2.01. The molecule has 1 aromatic carbocycles. The van der Waals surface area contributed by atoms with E-state index in [4.69, 9.17) is 0 Å². The SMILES string of the molecule is CS(=O)(=O)c1ccc(Nc2ncnc3[nH]ccc23)c(F)c1. The second kappa shape index (κ2) is 4.81. The third-order valence-electron chi connectivity index (χ3n) is 2.98. The third-order valence-corrected chi connectivity index (χ3v) is 4.09. The highest BCUT2D eigenvalue weighted by atomic mass is 32.2. The summed E-state index contributed by atoms with van der Waals surface area (Å²) < 4.78 is 36.8. The van der Waals surface area contributed by atoms with Crippen LogP contribution in [0.4, 0.5) is 15.9 Å². The van der Waals surface area contributed by atoms with Gasteiger partial charge in [0.1, 0.15) is 23.6 Å². The molecule has 0 aliphatic heterocycles. The molecule has 0 aliphatic rings. The predicted octanol–water partition coefficient (Wildman–Crippen LogP) is 2.24. The number of fused-ring (bicyclic) bond motifs is 1. The van der Waals surface area contributed by atoms with Gasteiger partial charge in [-0.15, -0.1) is 0 Å². The summed E-state index contributed by atoms with van der Waals surface area (Å²) in [5.41, 5.74) is 0.768. The van der Waals surface area contributed by atoms with Crippen molar-refractivity contribution in [1.29, 1.82) is 0 Å². The number of aromatic amines is 1. The molecule has 2 heterocycles. The number of rotatable bonds is 3. The molecule has 108 valence electrons. The summed E-state index contributed by atoms with van der Waals surface area (Å²) in [7, 11) is -3.44. The van der Waals surface area contributed by atoms with Gasteiger partial charge in [-0.3, -0.25) is 0 Å². The molecular weight excluding hydrogens is 295 g/mol. The summed E-state index contributed by atoms with van der Waals surface area (Å²) in [5, 5.41) is 3.55. The van der Waals surface area contributed by atoms with Gasteiger partial charge >= 0.3 is 0 Å². The molecule has 8 heteroatoms. The van der Waals surface area contributed by atoms with Crippen LogP contribution in [0.25, 0.3) is 11.0 Å². The number of aromatic nitrogens is 3. The molecule has 21 heavy (non-hydrogen) atoms. The fourth-order valence-electron chi connectivity index (χ4n) is 1.93. The Labute approximate surface area is 120 Å². The molecule has 2 N–H and O–H groups in total. The fraction of sp³-hybridized carbons (Fsp3) is 0.0769. The number of nitrogens with one attached hydrogen (secondary N) is 2. The van der Waals surface area contributed by atoms with Gasteiger partial charge in [0.15, 0.2) is 9.84 Å². The number of H-pyrrole nitrogens is 1. The van der Waals surface area contributed by atoms with Crippen LogP contribution in [-0.4, -0.2) is 29.6 Å². The summed E-state index contributed by atoms with van der Waals surface area (Å²) in [6, 6.07) is 5.45. The molecule has 0 saturated heterocycles. The first kappa shape index (κ1) is 13.5. The summed E-state index contributed by atoms with van der Waals surface area (Å²) >= 11 is 0. The van der Waals surface area contributed by atoms with Gasteiger partial charge in [0.25, 0.3) is 0 Å². The van der Waals surface area contributed by atoms with Gasteiger partial charge in [-0.1, -0.05) is 0 Å². The van der Waals surface area contributed by atoms with Crippen LogP contribution in [0.3, 0.4) is 0 Å². The Kier molecular flexibility index (Phi) is 3.09. The monoisotopic (exact) mass is 306 g/mol. The summed E-state index contributed by atoms with van der Waals surface area (Å²) in [6.45, 7) is 0. The smallest absolute Gasteiger partial charge is 0.175 e. The van der Waals surface area contributed by atoms with Crippen molar-refractivity contribution in [3.05, 3.63) is 42.6 Å². The van der Waals surface area contributed by atoms with Gasteiger partial charge in [0.2, 0.25) is 0 Å². The normalized spacial score (nSPS) is 11.7. The van der Waals surface area contributed by atoms with Crippen molar-refractivity contribution in [3.8, 4) is 0 Å². The largest absolute Gasteiger partial charge is 0.346 e. The van der Waals surface area contributed by atoms with Crippen molar-refractivity contribution in [2.45, 2.75) is 4.90 Å². The lowest BCUT2D eigenvalue weighted by molar-refractivity contribution is 0.596. The van der Waals surface area contributed by atoms with E-state index in [1.165, 1.54) is 18.5 Å². The fourth-order valence-corrected chi connectivity index (χ4v) is 2.56. The van der Waals surface area contributed by atoms with E-state index in [2.05, 4.69) is 20.3 Å². The number of hydrogen-bond acceptors (Lipinski definition) is 5. The standard InChI is InChI=1S/C13H11FN4O2S/c1-21(19,20)8-2-3-11(10(14)6-8)18-13-9-4-5-15-12(9)16-7-17-13/h2-7H,1H3,(H2,15,16,17,18). The molecule has 0 spiro atoms. The summed E-state index contributed by atoms with van der Waals surface area (Å²) in [6.07, 6.45) is 4.08. The minimum atomic E-state index is -3.44. The van der Waals surface area contributed by atoms with Gasteiger partial charge in [0, 0.05) is 12.5 Å². The number of benzene rings is 1. The number of nitrogens with zero attached hydrogens (tertiary/aromatic N) is 2. The lowest BCUT2D eigenvalue weighted by Crippen LogP contribution is -2.01. The highest BCUT2D eigenvalue weighted by molar-refractivity contribution is 7.90. The van der Waals surface area contributed by atoms with Crippen molar-refractivity contribution < 1.29 is 12.8 Å². The van der Waals surface area contributed by atoms with Gasteiger partial charge < -0.3 is 10.3 Å².